The Morgan fingerprint density at radius 2 is 2.44 bits per heavy atom. The zero-order chi connectivity index (χ0) is 6.69. The van der Waals surface area contributed by atoms with Gasteiger partial charge in [-0.1, -0.05) is 0 Å². The molecule has 3 heteroatoms. The molecule has 1 heterocycles. The first-order valence-corrected chi connectivity index (χ1v) is 2.91. The summed E-state index contributed by atoms with van der Waals surface area (Å²) in [4.78, 5) is 20.6. The number of carbonyl (C=O) groups is 2. The van der Waals surface area contributed by atoms with Gasteiger partial charge in [0.15, 0.2) is 0 Å². The Balaban J connectivity index is 2.40. The van der Waals surface area contributed by atoms with Gasteiger partial charge in [0.1, 0.15) is 18.2 Å². The van der Waals surface area contributed by atoms with E-state index < -0.39 is 6.10 Å². The van der Waals surface area contributed by atoms with E-state index in [0.29, 0.717) is 19.3 Å². The number of carbonyl (C=O) groups excluding carboxylic acids is 2. The summed E-state index contributed by atoms with van der Waals surface area (Å²) in [6.45, 7) is 0.405. The summed E-state index contributed by atoms with van der Waals surface area (Å²) in [5.74, 6) is 0.123. The Morgan fingerprint density at radius 1 is 1.67 bits per heavy atom. The molecular weight excluding hydrogens is 120 g/mol. The average molecular weight is 128 g/mol. The number of Topliss-reactive ketones (excluding diaryl/α,β-unsaturated/α-hetero) is 1. The maximum absolute atomic E-state index is 10.6. The van der Waals surface area contributed by atoms with Crippen molar-refractivity contribution in [1.29, 1.82) is 0 Å². The molecule has 0 spiro atoms. The Bertz CT molecular complexity index is 130. The zero-order valence-electron chi connectivity index (χ0n) is 5.00. The van der Waals surface area contributed by atoms with Gasteiger partial charge in [-0.05, 0) is 0 Å². The van der Waals surface area contributed by atoms with E-state index in [0.717, 1.165) is 0 Å². The van der Waals surface area contributed by atoms with E-state index in [-0.39, 0.29) is 12.2 Å². The summed E-state index contributed by atoms with van der Waals surface area (Å²) < 4.78 is 4.91. The van der Waals surface area contributed by atoms with Crippen molar-refractivity contribution in [3.63, 3.8) is 0 Å². The molecule has 0 unspecified atom stereocenters. The third-order valence-corrected chi connectivity index (χ3v) is 1.29. The van der Waals surface area contributed by atoms with Crippen LogP contribution in [0, 0.1) is 0 Å². The van der Waals surface area contributed by atoms with Crippen LogP contribution in [-0.2, 0) is 14.3 Å². The fraction of sp³-hybridized carbons (Fsp3) is 0.667. The Kier molecular flexibility index (Phi) is 1.95. The molecule has 0 aromatic heterocycles. The van der Waals surface area contributed by atoms with Crippen molar-refractivity contribution in [2.45, 2.75) is 18.9 Å². The Labute approximate surface area is 53.0 Å². The van der Waals surface area contributed by atoms with Crippen LogP contribution >= 0.6 is 0 Å². The van der Waals surface area contributed by atoms with Crippen LogP contribution in [0.4, 0.5) is 0 Å². The van der Waals surface area contributed by atoms with Crippen molar-refractivity contribution in [1.82, 2.24) is 0 Å². The standard InChI is InChI=1S/C6H8O3/c7-4-6-3-5(8)1-2-9-6/h4,6H,1-3H2/t6-/m0/s1. The zero-order valence-corrected chi connectivity index (χ0v) is 5.00. The summed E-state index contributed by atoms with van der Waals surface area (Å²) in [5.41, 5.74) is 0. The van der Waals surface area contributed by atoms with E-state index in [1.807, 2.05) is 0 Å². The van der Waals surface area contributed by atoms with Crippen molar-refractivity contribution in [3.8, 4) is 0 Å². The predicted octanol–water partition coefficient (Wildman–Crippen LogP) is -0.0666. The quantitative estimate of drug-likeness (QED) is 0.464. The second-order valence-electron chi connectivity index (χ2n) is 2.04. The summed E-state index contributed by atoms with van der Waals surface area (Å²) >= 11 is 0. The van der Waals surface area contributed by atoms with Crippen molar-refractivity contribution in [3.05, 3.63) is 0 Å². The highest BCUT2D eigenvalue weighted by molar-refractivity contribution is 5.82. The third kappa shape index (κ3) is 1.61. The van der Waals surface area contributed by atoms with Gasteiger partial charge < -0.3 is 9.53 Å². The molecule has 0 amide bonds. The lowest BCUT2D eigenvalue weighted by Crippen LogP contribution is -2.26. The van der Waals surface area contributed by atoms with Gasteiger partial charge >= 0.3 is 0 Å². The van der Waals surface area contributed by atoms with Gasteiger partial charge in [0.05, 0.1) is 6.61 Å². The van der Waals surface area contributed by atoms with Crippen LogP contribution in [0.2, 0.25) is 0 Å². The smallest absolute Gasteiger partial charge is 0.149 e. The minimum atomic E-state index is -0.466. The second-order valence-corrected chi connectivity index (χ2v) is 2.04. The lowest BCUT2D eigenvalue weighted by Gasteiger charge is -2.15. The molecule has 1 rings (SSSR count). The van der Waals surface area contributed by atoms with Crippen LogP contribution in [0.3, 0.4) is 0 Å². The van der Waals surface area contributed by atoms with Crippen molar-refractivity contribution < 1.29 is 14.3 Å². The summed E-state index contributed by atoms with van der Waals surface area (Å²) in [6.07, 6.45) is 0.941. The number of aldehydes is 1. The van der Waals surface area contributed by atoms with Gasteiger partial charge in [0.2, 0.25) is 0 Å². The van der Waals surface area contributed by atoms with Crippen LogP contribution in [0.1, 0.15) is 12.8 Å². The van der Waals surface area contributed by atoms with Gasteiger partial charge in [-0.25, -0.2) is 0 Å². The number of ketones is 1. The highest BCUT2D eigenvalue weighted by Crippen LogP contribution is 2.06. The number of ether oxygens (including phenoxy) is 1. The topological polar surface area (TPSA) is 43.4 Å². The van der Waals surface area contributed by atoms with Crippen LogP contribution in [0.5, 0.6) is 0 Å². The van der Waals surface area contributed by atoms with Gasteiger partial charge in [-0.2, -0.15) is 0 Å². The molecule has 1 saturated heterocycles. The molecule has 50 valence electrons. The molecule has 0 radical (unpaired) electrons. The Hall–Kier alpha value is -0.700. The highest BCUT2D eigenvalue weighted by atomic mass is 16.5. The molecule has 1 atom stereocenters. The molecule has 0 N–H and O–H groups in total. The lowest BCUT2D eigenvalue weighted by atomic mass is 10.1. The van der Waals surface area contributed by atoms with Gasteiger partial charge in [0.25, 0.3) is 0 Å². The molecule has 3 nitrogen and oxygen atoms in total. The molecule has 9 heavy (non-hydrogen) atoms. The molecule has 0 bridgehead atoms. The average Bonchev–Trinajstić information content (AvgIpc) is 1.88. The molecular formula is C6H8O3. The first-order chi connectivity index (χ1) is 4.33. The highest BCUT2D eigenvalue weighted by Gasteiger charge is 2.18. The Morgan fingerprint density at radius 3 is 2.89 bits per heavy atom. The molecule has 0 aromatic rings. The van der Waals surface area contributed by atoms with Crippen LogP contribution in [0.15, 0.2) is 0 Å². The second kappa shape index (κ2) is 2.73. The first-order valence-electron chi connectivity index (χ1n) is 2.91. The minimum absolute atomic E-state index is 0.123. The van der Waals surface area contributed by atoms with Crippen LogP contribution in [0.25, 0.3) is 0 Å². The maximum Gasteiger partial charge on any atom is 0.149 e. The van der Waals surface area contributed by atoms with E-state index in [1.165, 1.54) is 0 Å². The third-order valence-electron chi connectivity index (χ3n) is 1.29. The molecule has 1 aliphatic heterocycles. The largest absolute Gasteiger partial charge is 0.370 e. The minimum Gasteiger partial charge on any atom is -0.370 e. The van der Waals surface area contributed by atoms with Crippen molar-refractivity contribution >= 4 is 12.1 Å². The number of hydrogen-bond donors (Lipinski definition) is 0. The van der Waals surface area contributed by atoms with Crippen molar-refractivity contribution in [2.24, 2.45) is 0 Å². The molecule has 0 aromatic carbocycles. The lowest BCUT2D eigenvalue weighted by molar-refractivity contribution is -0.134. The van der Waals surface area contributed by atoms with E-state index >= 15 is 0 Å². The monoisotopic (exact) mass is 128 g/mol. The fourth-order valence-corrected chi connectivity index (χ4v) is 0.797. The normalized spacial score (nSPS) is 28.0. The molecule has 0 saturated carbocycles. The summed E-state index contributed by atoms with van der Waals surface area (Å²) in [7, 11) is 0. The van der Waals surface area contributed by atoms with Gasteiger partial charge in [0, 0.05) is 12.8 Å². The van der Waals surface area contributed by atoms with E-state index in [4.69, 9.17) is 4.74 Å². The van der Waals surface area contributed by atoms with Crippen molar-refractivity contribution in [2.75, 3.05) is 6.61 Å². The van der Waals surface area contributed by atoms with Gasteiger partial charge in [-0.15, -0.1) is 0 Å². The maximum atomic E-state index is 10.6. The van der Waals surface area contributed by atoms with Crippen LogP contribution < -0.4 is 0 Å². The number of hydrogen-bond acceptors (Lipinski definition) is 3. The van der Waals surface area contributed by atoms with E-state index in [2.05, 4.69) is 0 Å². The molecule has 1 fully saturated rings. The van der Waals surface area contributed by atoms with E-state index in [1.54, 1.807) is 0 Å². The fourth-order valence-electron chi connectivity index (χ4n) is 0.797. The van der Waals surface area contributed by atoms with Crippen LogP contribution in [-0.4, -0.2) is 24.8 Å². The first kappa shape index (κ1) is 6.42. The van der Waals surface area contributed by atoms with Gasteiger partial charge in [-0.3, -0.25) is 4.79 Å². The summed E-state index contributed by atoms with van der Waals surface area (Å²) in [5, 5.41) is 0. The predicted molar refractivity (Wildman–Crippen MR) is 30.0 cm³/mol. The molecule has 0 aliphatic carbocycles. The SMILES string of the molecule is O=C[C@@H]1CC(=O)CCO1. The summed E-state index contributed by atoms with van der Waals surface area (Å²) in [6, 6.07) is 0. The molecule has 1 aliphatic rings. The van der Waals surface area contributed by atoms with E-state index in [9.17, 15) is 9.59 Å². The number of rotatable bonds is 1.